The van der Waals surface area contributed by atoms with Crippen LogP contribution in [0.25, 0.3) is 22.2 Å². The molecule has 0 radical (unpaired) electrons. The summed E-state index contributed by atoms with van der Waals surface area (Å²) < 4.78 is 12.1. The van der Waals surface area contributed by atoms with Crippen molar-refractivity contribution in [2.24, 2.45) is 14.1 Å². The lowest BCUT2D eigenvalue weighted by Gasteiger charge is -2.28. The van der Waals surface area contributed by atoms with E-state index in [1.54, 1.807) is 11.6 Å². The Morgan fingerprint density at radius 1 is 1.03 bits per heavy atom. The fourth-order valence-electron chi connectivity index (χ4n) is 4.51. The molecule has 4 aromatic rings. The van der Waals surface area contributed by atoms with E-state index >= 15 is 0 Å². The van der Waals surface area contributed by atoms with Gasteiger partial charge in [0.25, 0.3) is 5.56 Å². The van der Waals surface area contributed by atoms with Crippen LogP contribution in [0.3, 0.4) is 0 Å². The first-order valence-electron chi connectivity index (χ1n) is 10.1. The number of halogens is 1. The lowest BCUT2D eigenvalue weighted by Crippen LogP contribution is -2.37. The van der Waals surface area contributed by atoms with Crippen molar-refractivity contribution < 1.29 is 4.74 Å². The molecule has 31 heavy (non-hydrogen) atoms. The Kier molecular flexibility index (Phi) is 4.75. The van der Waals surface area contributed by atoms with Gasteiger partial charge in [0.15, 0.2) is 0 Å². The monoisotopic (exact) mass is 479 g/mol. The summed E-state index contributed by atoms with van der Waals surface area (Å²) in [6.45, 7) is 3.16. The van der Waals surface area contributed by atoms with Gasteiger partial charge in [-0.3, -0.25) is 13.9 Å². The van der Waals surface area contributed by atoms with E-state index in [1.807, 2.05) is 43.3 Å². The molecular weight excluding hydrogens is 458 g/mol. The number of nitrogens with zero attached hydrogens (tertiary/aromatic N) is 3. The summed E-state index contributed by atoms with van der Waals surface area (Å²) in [7, 11) is 3.25. The van der Waals surface area contributed by atoms with E-state index < -0.39 is 0 Å². The van der Waals surface area contributed by atoms with E-state index in [4.69, 9.17) is 4.74 Å². The second-order valence-electron chi connectivity index (χ2n) is 7.99. The molecule has 0 amide bonds. The molecule has 0 bridgehead atoms. The van der Waals surface area contributed by atoms with E-state index in [0.717, 1.165) is 32.6 Å². The van der Waals surface area contributed by atoms with Gasteiger partial charge in [0, 0.05) is 30.7 Å². The molecule has 158 valence electrons. The number of aryl methyl sites for hydroxylation is 2. The van der Waals surface area contributed by atoms with Crippen LogP contribution in [0.4, 0.5) is 0 Å². The average Bonchev–Trinajstić information content (AvgIpc) is 3.12. The maximum absolute atomic E-state index is 13.4. The highest BCUT2D eigenvalue weighted by Gasteiger charge is 2.33. The largest absolute Gasteiger partial charge is 0.365 e. The van der Waals surface area contributed by atoms with Crippen molar-refractivity contribution in [3.05, 3.63) is 90.7 Å². The number of ether oxygens (including phenoxy) is 1. The van der Waals surface area contributed by atoms with Gasteiger partial charge >= 0.3 is 5.69 Å². The Morgan fingerprint density at radius 3 is 2.48 bits per heavy atom. The third-order valence-corrected chi connectivity index (χ3v) is 6.52. The quantitative estimate of drug-likeness (QED) is 0.438. The number of fused-ring (bicyclic) bond motifs is 3. The van der Waals surface area contributed by atoms with Crippen molar-refractivity contribution in [3.63, 3.8) is 0 Å². The van der Waals surface area contributed by atoms with Crippen LogP contribution in [-0.2, 0) is 25.4 Å². The SMILES string of the molecule is Cc1ccc([C@@H]2OCCn3c(-c4cccc(Br)c4)c4c(=O)n(C)c(=O)n(C)c4c32)cc1. The summed E-state index contributed by atoms with van der Waals surface area (Å²) in [4.78, 5) is 26.2. The van der Waals surface area contributed by atoms with Gasteiger partial charge in [-0.2, -0.15) is 0 Å². The molecule has 1 aliphatic rings. The first kappa shape index (κ1) is 20.0. The van der Waals surface area contributed by atoms with Crippen LogP contribution in [0.2, 0.25) is 0 Å². The lowest BCUT2D eigenvalue weighted by atomic mass is 10.0. The number of hydrogen-bond acceptors (Lipinski definition) is 3. The zero-order chi connectivity index (χ0) is 21.9. The molecule has 0 saturated heterocycles. The normalized spacial score (nSPS) is 15.9. The molecule has 0 aliphatic carbocycles. The second-order valence-corrected chi connectivity index (χ2v) is 8.90. The predicted octanol–water partition coefficient (Wildman–Crippen LogP) is 3.90. The Hall–Kier alpha value is -2.90. The number of aromatic nitrogens is 3. The molecular formula is C24H22BrN3O3. The fraction of sp³-hybridized carbons (Fsp3) is 0.250. The van der Waals surface area contributed by atoms with E-state index in [2.05, 4.69) is 32.6 Å². The summed E-state index contributed by atoms with van der Waals surface area (Å²) in [5.74, 6) is 0. The minimum Gasteiger partial charge on any atom is -0.365 e. The highest BCUT2D eigenvalue weighted by molar-refractivity contribution is 9.10. The minimum absolute atomic E-state index is 0.294. The van der Waals surface area contributed by atoms with Crippen LogP contribution in [0, 0.1) is 6.92 Å². The van der Waals surface area contributed by atoms with Crippen molar-refractivity contribution in [1.82, 2.24) is 13.7 Å². The highest BCUT2D eigenvalue weighted by atomic mass is 79.9. The van der Waals surface area contributed by atoms with Crippen molar-refractivity contribution in [3.8, 4) is 11.3 Å². The van der Waals surface area contributed by atoms with Gasteiger partial charge in [0.1, 0.15) is 6.10 Å². The molecule has 1 atom stereocenters. The zero-order valence-electron chi connectivity index (χ0n) is 17.6. The summed E-state index contributed by atoms with van der Waals surface area (Å²) in [6, 6.07) is 16.1. The van der Waals surface area contributed by atoms with Gasteiger partial charge in [-0.1, -0.05) is 57.9 Å². The van der Waals surface area contributed by atoms with Gasteiger partial charge in [0.05, 0.1) is 28.9 Å². The highest BCUT2D eigenvalue weighted by Crippen LogP contribution is 2.40. The Morgan fingerprint density at radius 2 is 1.77 bits per heavy atom. The second kappa shape index (κ2) is 7.35. The van der Waals surface area contributed by atoms with E-state index in [0.29, 0.717) is 24.1 Å². The fourth-order valence-corrected chi connectivity index (χ4v) is 4.91. The molecule has 2 aromatic heterocycles. The van der Waals surface area contributed by atoms with Crippen molar-refractivity contribution in [2.75, 3.05) is 6.61 Å². The predicted molar refractivity (Wildman–Crippen MR) is 125 cm³/mol. The van der Waals surface area contributed by atoms with Crippen LogP contribution < -0.4 is 11.2 Å². The van der Waals surface area contributed by atoms with Crippen LogP contribution in [0.1, 0.15) is 22.9 Å². The van der Waals surface area contributed by atoms with Crippen LogP contribution in [0.15, 0.2) is 62.6 Å². The van der Waals surface area contributed by atoms with Gasteiger partial charge in [-0.05, 0) is 24.6 Å². The average molecular weight is 480 g/mol. The van der Waals surface area contributed by atoms with E-state index in [9.17, 15) is 9.59 Å². The summed E-state index contributed by atoms with van der Waals surface area (Å²) >= 11 is 3.55. The van der Waals surface area contributed by atoms with Gasteiger partial charge in [-0.15, -0.1) is 0 Å². The molecule has 5 rings (SSSR count). The third-order valence-electron chi connectivity index (χ3n) is 6.03. The topological polar surface area (TPSA) is 58.2 Å². The van der Waals surface area contributed by atoms with Gasteiger partial charge in [0.2, 0.25) is 0 Å². The van der Waals surface area contributed by atoms with Crippen LogP contribution >= 0.6 is 15.9 Å². The van der Waals surface area contributed by atoms with Crippen molar-refractivity contribution in [2.45, 2.75) is 19.6 Å². The Bertz CT molecular complexity index is 1440. The van der Waals surface area contributed by atoms with Gasteiger partial charge < -0.3 is 9.30 Å². The molecule has 2 aromatic carbocycles. The summed E-state index contributed by atoms with van der Waals surface area (Å²) in [5, 5.41) is 0.542. The maximum atomic E-state index is 13.4. The maximum Gasteiger partial charge on any atom is 0.331 e. The molecule has 6 nitrogen and oxygen atoms in total. The van der Waals surface area contributed by atoms with Crippen molar-refractivity contribution in [1.29, 1.82) is 0 Å². The smallest absolute Gasteiger partial charge is 0.331 e. The molecule has 0 fully saturated rings. The Labute approximate surface area is 187 Å². The number of benzene rings is 2. The molecule has 0 spiro atoms. The summed E-state index contributed by atoms with van der Waals surface area (Å²) in [5.41, 5.74) is 4.74. The van der Waals surface area contributed by atoms with Crippen LogP contribution in [0.5, 0.6) is 0 Å². The number of rotatable bonds is 2. The van der Waals surface area contributed by atoms with E-state index in [1.165, 1.54) is 11.6 Å². The summed E-state index contributed by atoms with van der Waals surface area (Å²) in [6.07, 6.45) is -0.365. The lowest BCUT2D eigenvalue weighted by molar-refractivity contribution is 0.0478. The molecule has 1 aliphatic heterocycles. The van der Waals surface area contributed by atoms with Gasteiger partial charge in [-0.25, -0.2) is 4.79 Å². The molecule has 0 unspecified atom stereocenters. The first-order valence-corrected chi connectivity index (χ1v) is 10.9. The molecule has 3 heterocycles. The van der Waals surface area contributed by atoms with E-state index in [-0.39, 0.29) is 17.4 Å². The molecule has 0 N–H and O–H groups in total. The van der Waals surface area contributed by atoms with Crippen molar-refractivity contribution >= 4 is 26.8 Å². The Balaban J connectivity index is 1.94. The third kappa shape index (κ3) is 3.03. The molecule has 0 saturated carbocycles. The standard InChI is InChI=1S/C24H22BrN3O3/c1-14-7-9-15(10-8-14)22-21-20-18(23(29)27(3)24(30)26(20)2)19(28(21)11-12-31-22)16-5-4-6-17(25)13-16/h4-10,13,22H,11-12H2,1-3H3/t22-/m0/s1. The van der Waals surface area contributed by atoms with Crippen LogP contribution in [-0.4, -0.2) is 20.3 Å². The zero-order valence-corrected chi connectivity index (χ0v) is 19.1. The first-order chi connectivity index (χ1) is 14.9. The molecule has 7 heteroatoms. The number of hydrogen-bond donors (Lipinski definition) is 0. The minimum atomic E-state index is -0.365.